The topological polar surface area (TPSA) is 40.5 Å². The van der Waals surface area contributed by atoms with E-state index in [2.05, 4.69) is 0 Å². The Kier molecular flexibility index (Phi) is 0.598. The SMILES string of the molecule is [2H]c1c([2H])c([2H])c2c(O)c([2H])c([2H])c(O)c2c1[2H]. The molecule has 2 aromatic carbocycles. The molecule has 0 saturated carbocycles. The first-order chi connectivity index (χ1) is 8.29. The van der Waals surface area contributed by atoms with Crippen molar-refractivity contribution in [1.29, 1.82) is 0 Å². The molecule has 0 heterocycles. The van der Waals surface area contributed by atoms with Crippen molar-refractivity contribution < 1.29 is 18.4 Å². The maximum Gasteiger partial charge on any atom is 0.123 e. The third-order valence-corrected chi connectivity index (χ3v) is 1.46. The highest BCUT2D eigenvalue weighted by Gasteiger charge is 2.01. The predicted octanol–water partition coefficient (Wildman–Crippen LogP) is 2.25. The van der Waals surface area contributed by atoms with E-state index in [9.17, 15) is 10.2 Å². The average Bonchev–Trinajstić information content (AvgIpc) is 2.35. The van der Waals surface area contributed by atoms with Crippen molar-refractivity contribution in [2.75, 3.05) is 0 Å². The van der Waals surface area contributed by atoms with Crippen LogP contribution in [0.2, 0.25) is 0 Å². The van der Waals surface area contributed by atoms with E-state index in [-0.39, 0.29) is 10.8 Å². The van der Waals surface area contributed by atoms with Gasteiger partial charge in [0.1, 0.15) is 11.5 Å². The number of aromatic hydroxyl groups is 2. The van der Waals surface area contributed by atoms with E-state index in [1.54, 1.807) is 0 Å². The Hall–Kier alpha value is -1.70. The van der Waals surface area contributed by atoms with Gasteiger partial charge in [-0.05, 0) is 12.1 Å². The van der Waals surface area contributed by atoms with Crippen LogP contribution in [0, 0.1) is 0 Å². The Labute approximate surface area is 78.1 Å². The molecule has 2 nitrogen and oxygen atoms in total. The van der Waals surface area contributed by atoms with Crippen LogP contribution in [-0.2, 0) is 0 Å². The first kappa shape index (κ1) is 2.98. The van der Waals surface area contributed by atoms with Crippen LogP contribution in [0.15, 0.2) is 36.3 Å². The van der Waals surface area contributed by atoms with Crippen LogP contribution in [0.25, 0.3) is 10.8 Å². The molecule has 0 amide bonds. The normalized spacial score (nSPS) is 17.3. The fraction of sp³-hybridized carbons (Fsp3) is 0. The molecule has 0 atom stereocenters. The number of phenolic OH excluding ortho intramolecular Hbond substituents is 2. The van der Waals surface area contributed by atoms with E-state index in [4.69, 9.17) is 8.22 Å². The van der Waals surface area contributed by atoms with Gasteiger partial charge in [0.15, 0.2) is 0 Å². The molecule has 0 spiro atoms. The summed E-state index contributed by atoms with van der Waals surface area (Å²) in [4.78, 5) is 0. The molecule has 2 N–H and O–H groups in total. The van der Waals surface area contributed by atoms with Crippen LogP contribution in [0.4, 0.5) is 0 Å². The van der Waals surface area contributed by atoms with Crippen LogP contribution in [0.3, 0.4) is 0 Å². The largest absolute Gasteiger partial charge is 0.507 e. The average molecular weight is 166 g/mol. The molecule has 12 heavy (non-hydrogen) atoms. The third-order valence-electron chi connectivity index (χ3n) is 1.46. The molecule has 0 fully saturated rings. The highest BCUT2D eigenvalue weighted by atomic mass is 16.3. The molecule has 60 valence electrons. The van der Waals surface area contributed by atoms with Gasteiger partial charge in [-0.25, -0.2) is 0 Å². The molecule has 2 aromatic rings. The lowest BCUT2D eigenvalue weighted by Gasteiger charge is -2.01. The Balaban J connectivity index is 3.22. The molecule has 2 rings (SSSR count). The molecule has 0 bridgehead atoms. The predicted molar refractivity (Wildman–Crippen MR) is 47.3 cm³/mol. The zero-order valence-electron chi connectivity index (χ0n) is 11.9. The number of benzene rings is 2. The Bertz CT molecular complexity index is 569. The van der Waals surface area contributed by atoms with E-state index < -0.39 is 47.8 Å². The quantitative estimate of drug-likeness (QED) is 0.589. The van der Waals surface area contributed by atoms with Gasteiger partial charge in [0.25, 0.3) is 0 Å². The van der Waals surface area contributed by atoms with Crippen LogP contribution in [0.1, 0.15) is 8.22 Å². The molecule has 0 unspecified atom stereocenters. The summed E-state index contributed by atoms with van der Waals surface area (Å²) in [5.74, 6) is -1.47. The highest BCUT2D eigenvalue weighted by molar-refractivity contribution is 5.92. The molecular formula is C10H8O2. The lowest BCUT2D eigenvalue weighted by molar-refractivity contribution is 0.469. The fourth-order valence-corrected chi connectivity index (χ4v) is 0.911. The fourth-order valence-electron chi connectivity index (χ4n) is 0.911. The second kappa shape index (κ2) is 2.41. The van der Waals surface area contributed by atoms with E-state index in [1.165, 1.54) is 0 Å². The number of rotatable bonds is 0. The molecule has 0 aliphatic carbocycles. The molecule has 0 aromatic heterocycles. The second-order valence-electron chi connectivity index (χ2n) is 2.20. The molecule has 0 aliphatic rings. The Morgan fingerprint density at radius 3 is 1.67 bits per heavy atom. The summed E-state index contributed by atoms with van der Waals surface area (Å²) in [6.45, 7) is 0. The zero-order chi connectivity index (χ0) is 13.8. The van der Waals surface area contributed by atoms with E-state index >= 15 is 0 Å². The van der Waals surface area contributed by atoms with Crippen molar-refractivity contribution in [3.63, 3.8) is 0 Å². The van der Waals surface area contributed by atoms with Gasteiger partial charge >= 0.3 is 0 Å². The first-order valence-corrected chi connectivity index (χ1v) is 3.20. The second-order valence-corrected chi connectivity index (χ2v) is 2.20. The van der Waals surface area contributed by atoms with E-state index in [0.29, 0.717) is 0 Å². The van der Waals surface area contributed by atoms with Crippen molar-refractivity contribution in [3.8, 4) is 11.5 Å². The van der Waals surface area contributed by atoms with Crippen molar-refractivity contribution in [2.45, 2.75) is 0 Å². The van der Waals surface area contributed by atoms with Crippen molar-refractivity contribution in [1.82, 2.24) is 0 Å². The minimum absolute atomic E-state index is 0.348. The summed E-state index contributed by atoms with van der Waals surface area (Å²) in [6, 6.07) is -3.59. The first-order valence-electron chi connectivity index (χ1n) is 6.20. The van der Waals surface area contributed by atoms with Crippen LogP contribution < -0.4 is 0 Å². The van der Waals surface area contributed by atoms with E-state index in [1.807, 2.05) is 0 Å². The monoisotopic (exact) mass is 166 g/mol. The maximum atomic E-state index is 9.72. The van der Waals surface area contributed by atoms with Crippen LogP contribution in [-0.4, -0.2) is 10.2 Å². The summed E-state index contributed by atoms with van der Waals surface area (Å²) < 4.78 is 45.0. The molecule has 0 radical (unpaired) electrons. The number of hydrogen-bond acceptors (Lipinski definition) is 2. The smallest absolute Gasteiger partial charge is 0.123 e. The maximum absolute atomic E-state index is 9.72. The summed E-state index contributed by atoms with van der Waals surface area (Å²) in [5.41, 5.74) is 0. The van der Waals surface area contributed by atoms with Gasteiger partial charge in [-0.2, -0.15) is 0 Å². The Morgan fingerprint density at radius 2 is 1.25 bits per heavy atom. The van der Waals surface area contributed by atoms with Gasteiger partial charge in [-0.15, -0.1) is 0 Å². The lowest BCUT2D eigenvalue weighted by Crippen LogP contribution is -1.73. The van der Waals surface area contributed by atoms with Crippen LogP contribution in [0.5, 0.6) is 11.5 Å². The van der Waals surface area contributed by atoms with Gasteiger partial charge in [-0.1, -0.05) is 24.2 Å². The standard InChI is InChI=1S/C10H8O2/c11-9-5-6-10(12)8-4-2-1-3-7(8)9/h1-6,11-12H/i1D,2D,3D,4D,5D,6D. The molecular weight excluding hydrogens is 152 g/mol. The van der Waals surface area contributed by atoms with Crippen LogP contribution >= 0.6 is 0 Å². The van der Waals surface area contributed by atoms with Gasteiger partial charge in [0.2, 0.25) is 0 Å². The summed E-state index contributed by atoms with van der Waals surface area (Å²) in [6.07, 6.45) is 0. The van der Waals surface area contributed by atoms with Gasteiger partial charge in [0.05, 0.1) is 8.22 Å². The zero-order valence-corrected chi connectivity index (χ0v) is 5.89. The summed E-state index contributed by atoms with van der Waals surface area (Å²) in [5, 5.41) is 18.7. The van der Waals surface area contributed by atoms with Crippen molar-refractivity contribution in [2.24, 2.45) is 0 Å². The van der Waals surface area contributed by atoms with Crippen molar-refractivity contribution in [3.05, 3.63) is 36.3 Å². The van der Waals surface area contributed by atoms with Crippen molar-refractivity contribution >= 4 is 10.8 Å². The summed E-state index contributed by atoms with van der Waals surface area (Å²) >= 11 is 0. The lowest BCUT2D eigenvalue weighted by atomic mass is 10.1. The minimum Gasteiger partial charge on any atom is -0.507 e. The Morgan fingerprint density at radius 1 is 0.833 bits per heavy atom. The number of phenols is 2. The van der Waals surface area contributed by atoms with Gasteiger partial charge in [-0.3, -0.25) is 0 Å². The summed E-state index contributed by atoms with van der Waals surface area (Å²) in [7, 11) is 0. The number of fused-ring (bicyclic) bond motifs is 1. The molecule has 0 saturated heterocycles. The molecule has 0 aliphatic heterocycles. The van der Waals surface area contributed by atoms with Gasteiger partial charge < -0.3 is 10.2 Å². The third kappa shape index (κ3) is 0.889. The van der Waals surface area contributed by atoms with Gasteiger partial charge in [0, 0.05) is 10.8 Å². The molecule has 2 heteroatoms. The van der Waals surface area contributed by atoms with E-state index in [0.717, 1.165) is 0 Å². The number of hydrogen-bond donors (Lipinski definition) is 2. The minimum atomic E-state index is -0.736. The highest BCUT2D eigenvalue weighted by Crippen LogP contribution is 2.30.